The Morgan fingerprint density at radius 3 is 2.26 bits per heavy atom. The van der Waals surface area contributed by atoms with Crippen molar-refractivity contribution in [3.8, 4) is 5.75 Å². The Bertz CT molecular complexity index is 1100. The number of carbonyl (C=O) groups is 1. The van der Waals surface area contributed by atoms with Gasteiger partial charge in [-0.3, -0.25) is 9.10 Å². The summed E-state index contributed by atoms with van der Waals surface area (Å²) in [4.78, 5) is 12.9. The maximum absolute atomic E-state index is 13.3. The van der Waals surface area contributed by atoms with Crippen LogP contribution < -0.4 is 14.4 Å². The number of carbonyl (C=O) groups excluding carboxylic acids is 1. The third-order valence-corrected chi connectivity index (χ3v) is 6.72. The third-order valence-electron chi connectivity index (χ3n) is 4.93. The average molecular weight is 439 g/mol. The van der Waals surface area contributed by atoms with Crippen LogP contribution in [0, 0.1) is 0 Å². The summed E-state index contributed by atoms with van der Waals surface area (Å²) in [7, 11) is -2.44. The van der Waals surface area contributed by atoms with E-state index >= 15 is 0 Å². The molecule has 162 valence electrons. The van der Waals surface area contributed by atoms with E-state index in [1.165, 1.54) is 19.2 Å². The number of benzene rings is 3. The number of rotatable bonds is 9. The Balaban J connectivity index is 1.82. The van der Waals surface area contributed by atoms with E-state index < -0.39 is 10.0 Å². The van der Waals surface area contributed by atoms with E-state index in [1.54, 1.807) is 42.5 Å². The molecule has 3 aromatic carbocycles. The largest absolute Gasteiger partial charge is 0.497 e. The first-order chi connectivity index (χ1) is 14.9. The topological polar surface area (TPSA) is 75.7 Å². The van der Waals surface area contributed by atoms with E-state index in [0.29, 0.717) is 18.0 Å². The summed E-state index contributed by atoms with van der Waals surface area (Å²) in [6.45, 7) is 2.07. The van der Waals surface area contributed by atoms with Gasteiger partial charge in [-0.2, -0.15) is 0 Å². The molecule has 6 nitrogen and oxygen atoms in total. The Labute approximate surface area is 183 Å². The molecule has 1 N–H and O–H groups in total. The fourth-order valence-corrected chi connectivity index (χ4v) is 4.59. The standard InChI is InChI=1S/C24H26N2O4S/c1-19(20-10-5-3-6-11-20)17-25-24(27)18-26(21-12-9-13-22(16-21)30-2)31(28,29)23-14-7-4-8-15-23/h3-16,19H,17-18H2,1-2H3,(H,25,27)/t19-/m1/s1. The highest BCUT2D eigenvalue weighted by atomic mass is 32.2. The maximum atomic E-state index is 13.3. The van der Waals surface area contributed by atoms with Gasteiger partial charge in [-0.15, -0.1) is 0 Å². The summed E-state index contributed by atoms with van der Waals surface area (Å²) in [5, 5.41) is 2.86. The number of nitrogens with zero attached hydrogens (tertiary/aromatic N) is 1. The van der Waals surface area contributed by atoms with Crippen molar-refractivity contribution in [1.82, 2.24) is 5.32 Å². The number of amides is 1. The number of hydrogen-bond donors (Lipinski definition) is 1. The van der Waals surface area contributed by atoms with Crippen molar-refractivity contribution in [3.63, 3.8) is 0 Å². The molecule has 0 bridgehead atoms. The summed E-state index contributed by atoms with van der Waals surface area (Å²) in [5.41, 5.74) is 1.46. The lowest BCUT2D eigenvalue weighted by Crippen LogP contribution is -2.41. The molecule has 0 unspecified atom stereocenters. The fraction of sp³-hybridized carbons (Fsp3) is 0.208. The molecule has 3 aromatic rings. The molecule has 1 amide bonds. The van der Waals surface area contributed by atoms with Crippen molar-refractivity contribution in [2.24, 2.45) is 0 Å². The summed E-state index contributed by atoms with van der Waals surface area (Å²) in [6, 6.07) is 24.6. The van der Waals surface area contributed by atoms with Gasteiger partial charge >= 0.3 is 0 Å². The number of sulfonamides is 1. The molecule has 0 fully saturated rings. The summed E-state index contributed by atoms with van der Waals surface area (Å²) < 4.78 is 33.0. The fourth-order valence-electron chi connectivity index (χ4n) is 3.15. The van der Waals surface area contributed by atoms with Crippen LogP contribution in [0.25, 0.3) is 0 Å². The molecule has 0 heterocycles. The lowest BCUT2D eigenvalue weighted by molar-refractivity contribution is -0.119. The van der Waals surface area contributed by atoms with Crippen LogP contribution >= 0.6 is 0 Å². The van der Waals surface area contributed by atoms with Gasteiger partial charge in [0.25, 0.3) is 10.0 Å². The highest BCUT2D eigenvalue weighted by Crippen LogP contribution is 2.26. The highest BCUT2D eigenvalue weighted by molar-refractivity contribution is 7.92. The normalized spacial score (nSPS) is 12.1. The zero-order valence-electron chi connectivity index (χ0n) is 17.6. The molecule has 3 rings (SSSR count). The molecule has 0 saturated carbocycles. The second kappa shape index (κ2) is 10.1. The Morgan fingerprint density at radius 2 is 1.61 bits per heavy atom. The zero-order valence-corrected chi connectivity index (χ0v) is 18.4. The molecule has 0 spiro atoms. The monoisotopic (exact) mass is 438 g/mol. The van der Waals surface area contributed by atoms with E-state index in [9.17, 15) is 13.2 Å². The van der Waals surface area contributed by atoms with Gasteiger partial charge in [-0.05, 0) is 35.7 Å². The SMILES string of the molecule is COc1cccc(N(CC(=O)NC[C@@H](C)c2ccccc2)S(=O)(=O)c2ccccc2)c1. The van der Waals surface area contributed by atoms with Crippen LogP contribution in [0.3, 0.4) is 0 Å². The van der Waals surface area contributed by atoms with Crippen LogP contribution in [-0.2, 0) is 14.8 Å². The van der Waals surface area contributed by atoms with Crippen LogP contribution in [0.15, 0.2) is 89.8 Å². The van der Waals surface area contributed by atoms with Crippen LogP contribution in [0.2, 0.25) is 0 Å². The predicted octanol–water partition coefficient (Wildman–Crippen LogP) is 3.81. The van der Waals surface area contributed by atoms with Crippen LogP contribution in [0.4, 0.5) is 5.69 Å². The number of ether oxygens (including phenoxy) is 1. The molecular formula is C24H26N2O4S. The number of nitrogens with one attached hydrogen (secondary N) is 1. The molecule has 0 aliphatic carbocycles. The lowest BCUT2D eigenvalue weighted by atomic mass is 10.0. The van der Waals surface area contributed by atoms with Gasteiger partial charge in [0, 0.05) is 12.6 Å². The van der Waals surface area contributed by atoms with Crippen molar-refractivity contribution in [3.05, 3.63) is 90.5 Å². The summed E-state index contributed by atoms with van der Waals surface area (Å²) in [6.07, 6.45) is 0. The van der Waals surface area contributed by atoms with E-state index in [4.69, 9.17) is 4.74 Å². The average Bonchev–Trinajstić information content (AvgIpc) is 2.82. The van der Waals surface area contributed by atoms with Crippen molar-refractivity contribution in [2.75, 3.05) is 24.5 Å². The smallest absolute Gasteiger partial charge is 0.264 e. The quantitative estimate of drug-likeness (QED) is 0.551. The van der Waals surface area contributed by atoms with Crippen molar-refractivity contribution in [1.29, 1.82) is 0 Å². The predicted molar refractivity (Wildman–Crippen MR) is 122 cm³/mol. The molecule has 31 heavy (non-hydrogen) atoms. The van der Waals surface area contributed by atoms with Gasteiger partial charge in [0.1, 0.15) is 12.3 Å². The van der Waals surface area contributed by atoms with Gasteiger partial charge < -0.3 is 10.1 Å². The minimum Gasteiger partial charge on any atom is -0.497 e. The number of hydrogen-bond acceptors (Lipinski definition) is 4. The Kier molecular flexibility index (Phi) is 7.31. The van der Waals surface area contributed by atoms with Gasteiger partial charge in [-0.25, -0.2) is 8.42 Å². The highest BCUT2D eigenvalue weighted by Gasteiger charge is 2.27. The van der Waals surface area contributed by atoms with Crippen LogP contribution in [0.1, 0.15) is 18.4 Å². The third kappa shape index (κ3) is 5.64. The molecule has 7 heteroatoms. The lowest BCUT2D eigenvalue weighted by Gasteiger charge is -2.25. The summed E-state index contributed by atoms with van der Waals surface area (Å²) in [5.74, 6) is 0.218. The molecule has 0 saturated heterocycles. The number of anilines is 1. The molecule has 0 radical (unpaired) electrons. The van der Waals surface area contributed by atoms with Crippen LogP contribution in [-0.4, -0.2) is 34.5 Å². The van der Waals surface area contributed by atoms with Crippen molar-refractivity contribution < 1.29 is 17.9 Å². The second-order valence-corrected chi connectivity index (χ2v) is 9.00. The van der Waals surface area contributed by atoms with E-state index in [-0.39, 0.29) is 23.3 Å². The maximum Gasteiger partial charge on any atom is 0.264 e. The van der Waals surface area contributed by atoms with Gasteiger partial charge in [0.05, 0.1) is 17.7 Å². The first-order valence-corrected chi connectivity index (χ1v) is 11.4. The van der Waals surface area contributed by atoms with E-state index in [0.717, 1.165) is 9.87 Å². The van der Waals surface area contributed by atoms with Crippen molar-refractivity contribution in [2.45, 2.75) is 17.7 Å². The van der Waals surface area contributed by atoms with Crippen LogP contribution in [0.5, 0.6) is 5.75 Å². The van der Waals surface area contributed by atoms with Gasteiger partial charge in [0.15, 0.2) is 0 Å². The minimum absolute atomic E-state index is 0.0983. The number of methoxy groups -OCH3 is 1. The minimum atomic E-state index is -3.95. The van der Waals surface area contributed by atoms with Gasteiger partial charge in [0.2, 0.25) is 5.91 Å². The molecular weight excluding hydrogens is 412 g/mol. The molecule has 0 aromatic heterocycles. The second-order valence-electron chi connectivity index (χ2n) is 7.14. The Morgan fingerprint density at radius 1 is 0.968 bits per heavy atom. The van der Waals surface area contributed by atoms with Crippen molar-refractivity contribution >= 4 is 21.6 Å². The van der Waals surface area contributed by atoms with E-state index in [1.807, 2.05) is 37.3 Å². The summed E-state index contributed by atoms with van der Waals surface area (Å²) >= 11 is 0. The van der Waals surface area contributed by atoms with E-state index in [2.05, 4.69) is 5.32 Å². The molecule has 0 aliphatic heterocycles. The van der Waals surface area contributed by atoms with Gasteiger partial charge in [-0.1, -0.05) is 61.5 Å². The first-order valence-electron chi connectivity index (χ1n) is 9.95. The molecule has 0 aliphatic rings. The molecule has 1 atom stereocenters. The zero-order chi connectivity index (χ0) is 22.3. The first kappa shape index (κ1) is 22.4. The Hall–Kier alpha value is -3.32.